The molecule has 2 aliphatic heterocycles. The molecule has 0 amide bonds. The van der Waals surface area contributed by atoms with Crippen LogP contribution in [-0.4, -0.2) is 69.6 Å². The van der Waals surface area contributed by atoms with E-state index >= 15 is 0 Å². The molecule has 1 saturated carbocycles. The third-order valence-electron chi connectivity index (χ3n) is 7.62. The summed E-state index contributed by atoms with van der Waals surface area (Å²) in [6.07, 6.45) is -0.406. The number of nitrogens with zero attached hydrogens (tertiary/aromatic N) is 1. The molecular formula is C25H33Cl2NO7S. The second-order valence-corrected chi connectivity index (χ2v) is 12.4. The number of aromatic nitrogens is 1. The predicted octanol–water partition coefficient (Wildman–Crippen LogP) is 3.82. The SMILES string of the molecule is Cc1nc(C=C(Cl)[C@@H]2C[C@@H]3O[C@]3(Cl)COC[C@H](C)[C@H](O)[C@@H](C)C(=O)C3(CCC3)[C@@H](O)CC(=O)O2)cs1. The van der Waals surface area contributed by atoms with Crippen molar-refractivity contribution in [3.8, 4) is 0 Å². The lowest BCUT2D eigenvalue weighted by molar-refractivity contribution is -0.161. The fourth-order valence-corrected chi connectivity index (χ4v) is 6.18. The monoisotopic (exact) mass is 561 g/mol. The fourth-order valence-electron chi connectivity index (χ4n) is 5.09. The number of aryl methyl sites for hydroxylation is 1. The van der Waals surface area contributed by atoms with Crippen LogP contribution in [0.5, 0.6) is 0 Å². The summed E-state index contributed by atoms with van der Waals surface area (Å²) in [7, 11) is 0. The second kappa shape index (κ2) is 11.0. The van der Waals surface area contributed by atoms with Crippen molar-refractivity contribution in [2.75, 3.05) is 13.2 Å². The number of aliphatic hydroxyl groups is 2. The van der Waals surface area contributed by atoms with Gasteiger partial charge in [-0.3, -0.25) is 9.59 Å². The average Bonchev–Trinajstić information content (AvgIpc) is 3.22. The lowest BCUT2D eigenvalue weighted by atomic mass is 9.59. The smallest absolute Gasteiger partial charge is 0.309 e. The van der Waals surface area contributed by atoms with Gasteiger partial charge in [0.1, 0.15) is 18.0 Å². The number of ketones is 1. The first-order valence-electron chi connectivity index (χ1n) is 12.3. The second-order valence-electron chi connectivity index (χ2n) is 10.3. The zero-order valence-corrected chi connectivity index (χ0v) is 22.9. The van der Waals surface area contributed by atoms with Crippen LogP contribution in [0, 0.1) is 24.2 Å². The molecule has 0 radical (unpaired) electrons. The summed E-state index contributed by atoms with van der Waals surface area (Å²) in [5, 5.41) is 23.7. The summed E-state index contributed by atoms with van der Waals surface area (Å²) in [5.74, 6) is -2.00. The lowest BCUT2D eigenvalue weighted by Gasteiger charge is -2.46. The van der Waals surface area contributed by atoms with Gasteiger partial charge in [0.25, 0.3) is 0 Å². The largest absolute Gasteiger partial charge is 0.456 e. The van der Waals surface area contributed by atoms with Gasteiger partial charge in [-0.05, 0) is 25.8 Å². The number of carbonyl (C=O) groups is 2. The van der Waals surface area contributed by atoms with Gasteiger partial charge in [-0.15, -0.1) is 11.3 Å². The summed E-state index contributed by atoms with van der Waals surface area (Å²) in [6.45, 7) is 5.57. The summed E-state index contributed by atoms with van der Waals surface area (Å²) in [4.78, 5) is 30.7. The quantitative estimate of drug-likeness (QED) is 0.317. The van der Waals surface area contributed by atoms with Crippen molar-refractivity contribution in [1.82, 2.24) is 4.98 Å². The van der Waals surface area contributed by atoms with Crippen molar-refractivity contribution in [1.29, 1.82) is 0 Å². The molecule has 3 aliphatic rings. The molecule has 7 atom stereocenters. The molecule has 2 N–H and O–H groups in total. The van der Waals surface area contributed by atoms with E-state index in [2.05, 4.69) is 4.98 Å². The maximum atomic E-state index is 13.4. The Balaban J connectivity index is 1.58. The van der Waals surface area contributed by atoms with Crippen LogP contribution in [0.4, 0.5) is 0 Å². The highest BCUT2D eigenvalue weighted by Gasteiger charge is 2.57. The molecule has 2 saturated heterocycles. The molecule has 0 aromatic carbocycles. The molecule has 4 rings (SSSR count). The van der Waals surface area contributed by atoms with Crippen molar-refractivity contribution < 1.29 is 34.0 Å². The Morgan fingerprint density at radius 2 is 2.00 bits per heavy atom. The third kappa shape index (κ3) is 5.82. The standard InChI is InChI=1S/C25H33Cl2NO7S/c1-13-10-33-12-25(27)20(35-25)8-18(17(26)7-16-11-36-15(3)28-16)34-21(30)9-19(29)24(5-4-6-24)23(32)14(2)22(13)31/h7,11,13-14,18-20,22,29,31H,4-6,8-10,12H2,1-3H3/t13-,14+,18-,19-,20-,22-,25+/m0/s1. The van der Waals surface area contributed by atoms with Crippen molar-refractivity contribution in [2.24, 2.45) is 17.3 Å². The maximum Gasteiger partial charge on any atom is 0.309 e. The fraction of sp³-hybridized carbons (Fsp3) is 0.720. The van der Waals surface area contributed by atoms with Gasteiger partial charge in [-0.1, -0.05) is 43.5 Å². The predicted molar refractivity (Wildman–Crippen MR) is 136 cm³/mol. The Morgan fingerprint density at radius 1 is 1.28 bits per heavy atom. The minimum Gasteiger partial charge on any atom is -0.456 e. The molecule has 1 spiro atoms. The number of thiazole rings is 1. The Kier molecular flexibility index (Phi) is 8.51. The summed E-state index contributed by atoms with van der Waals surface area (Å²) in [6, 6.07) is 0. The van der Waals surface area contributed by atoms with Gasteiger partial charge >= 0.3 is 5.97 Å². The molecular weight excluding hydrogens is 529 g/mol. The van der Waals surface area contributed by atoms with E-state index in [1.54, 1.807) is 19.9 Å². The van der Waals surface area contributed by atoms with Crippen molar-refractivity contribution in [3.05, 3.63) is 21.1 Å². The molecule has 0 bridgehead atoms. The van der Waals surface area contributed by atoms with Crippen LogP contribution in [0.15, 0.2) is 10.4 Å². The van der Waals surface area contributed by atoms with Gasteiger partial charge in [0.15, 0.2) is 5.06 Å². The number of alkyl halides is 1. The van der Waals surface area contributed by atoms with Crippen LogP contribution in [0.2, 0.25) is 0 Å². The molecule has 1 aromatic rings. The van der Waals surface area contributed by atoms with Crippen molar-refractivity contribution in [3.63, 3.8) is 0 Å². The Hall–Kier alpha value is -1.07. The summed E-state index contributed by atoms with van der Waals surface area (Å²) < 4.78 is 17.1. The van der Waals surface area contributed by atoms with Crippen LogP contribution < -0.4 is 0 Å². The van der Waals surface area contributed by atoms with Gasteiger partial charge in [0, 0.05) is 23.6 Å². The molecule has 11 heteroatoms. The lowest BCUT2D eigenvalue weighted by Crippen LogP contribution is -2.53. The molecule has 0 unspecified atom stereocenters. The van der Waals surface area contributed by atoms with E-state index in [4.69, 9.17) is 37.4 Å². The van der Waals surface area contributed by atoms with Crippen molar-refractivity contribution in [2.45, 2.75) is 82.4 Å². The van der Waals surface area contributed by atoms with Gasteiger partial charge in [0.05, 0.1) is 53.0 Å². The number of esters is 1. The number of rotatable bonds is 2. The van der Waals surface area contributed by atoms with E-state index in [0.717, 1.165) is 11.4 Å². The number of Topliss-reactive ketones (excluding diaryl/α,β-unsaturated/α-hetero) is 1. The molecule has 3 fully saturated rings. The molecule has 1 aliphatic carbocycles. The number of carbonyl (C=O) groups excluding carboxylic acids is 2. The van der Waals surface area contributed by atoms with Crippen LogP contribution in [0.3, 0.4) is 0 Å². The minimum absolute atomic E-state index is 0.0640. The number of epoxide rings is 1. The highest BCUT2D eigenvalue weighted by molar-refractivity contribution is 7.09. The summed E-state index contributed by atoms with van der Waals surface area (Å²) >= 11 is 14.6. The Bertz CT molecular complexity index is 1010. The highest BCUT2D eigenvalue weighted by Crippen LogP contribution is 2.49. The van der Waals surface area contributed by atoms with E-state index in [1.165, 1.54) is 11.3 Å². The number of cyclic esters (lactones) is 1. The number of ether oxygens (including phenoxy) is 3. The van der Waals surface area contributed by atoms with Crippen LogP contribution in [0.25, 0.3) is 6.08 Å². The number of hydrogen-bond donors (Lipinski definition) is 2. The number of aliphatic hydroxyl groups excluding tert-OH is 2. The number of fused-ring (bicyclic) bond motifs is 1. The molecule has 36 heavy (non-hydrogen) atoms. The van der Waals surface area contributed by atoms with Gasteiger partial charge in [-0.2, -0.15) is 0 Å². The van der Waals surface area contributed by atoms with Crippen LogP contribution in [0.1, 0.15) is 56.7 Å². The zero-order valence-electron chi connectivity index (χ0n) is 20.6. The number of halogens is 2. The van der Waals surface area contributed by atoms with Gasteiger partial charge < -0.3 is 24.4 Å². The highest BCUT2D eigenvalue weighted by atomic mass is 35.5. The molecule has 1 aromatic heterocycles. The first kappa shape index (κ1) is 28.0. The van der Waals surface area contributed by atoms with Gasteiger partial charge in [-0.25, -0.2) is 4.98 Å². The summed E-state index contributed by atoms with van der Waals surface area (Å²) in [5.41, 5.74) is -0.432. The topological polar surface area (TPSA) is 118 Å². The van der Waals surface area contributed by atoms with E-state index in [-0.39, 0.29) is 42.8 Å². The van der Waals surface area contributed by atoms with E-state index in [9.17, 15) is 19.8 Å². The Morgan fingerprint density at radius 3 is 2.61 bits per heavy atom. The average molecular weight is 563 g/mol. The normalized spacial score (nSPS) is 38.2. The first-order valence-corrected chi connectivity index (χ1v) is 13.9. The number of hydrogen-bond acceptors (Lipinski definition) is 9. The molecule has 8 nitrogen and oxygen atoms in total. The molecule has 3 heterocycles. The van der Waals surface area contributed by atoms with Gasteiger partial charge in [0.2, 0.25) is 0 Å². The third-order valence-corrected chi connectivity index (χ3v) is 9.20. The van der Waals surface area contributed by atoms with Crippen LogP contribution >= 0.6 is 34.5 Å². The Labute approximate surface area is 224 Å². The zero-order chi connectivity index (χ0) is 26.3. The molecule has 200 valence electrons. The first-order chi connectivity index (χ1) is 16.9. The maximum absolute atomic E-state index is 13.4. The minimum atomic E-state index is -1.23. The van der Waals surface area contributed by atoms with E-state index in [0.29, 0.717) is 18.5 Å². The van der Waals surface area contributed by atoms with E-state index < -0.39 is 46.8 Å². The van der Waals surface area contributed by atoms with E-state index in [1.807, 2.05) is 12.3 Å². The van der Waals surface area contributed by atoms with Crippen molar-refractivity contribution >= 4 is 52.4 Å². The van der Waals surface area contributed by atoms with Crippen LogP contribution in [-0.2, 0) is 23.8 Å².